The van der Waals surface area contributed by atoms with Gasteiger partial charge in [-0.1, -0.05) is 11.6 Å². The molecule has 2 N–H and O–H groups in total. The number of sulfonamides is 1. The number of rotatable bonds is 7. The highest BCUT2D eigenvalue weighted by Gasteiger charge is 2.35. The average Bonchev–Trinajstić information content (AvgIpc) is 3.01. The van der Waals surface area contributed by atoms with Crippen molar-refractivity contribution in [3.8, 4) is 0 Å². The van der Waals surface area contributed by atoms with E-state index >= 15 is 0 Å². The molecule has 0 aromatic heterocycles. The maximum Gasteiger partial charge on any atom is 0.339 e. The molecule has 0 spiro atoms. The lowest BCUT2D eigenvalue weighted by Gasteiger charge is -2.29. The van der Waals surface area contributed by atoms with E-state index in [0.29, 0.717) is 6.61 Å². The Morgan fingerprint density at radius 1 is 1.40 bits per heavy atom. The van der Waals surface area contributed by atoms with Crippen molar-refractivity contribution in [2.45, 2.75) is 23.3 Å². The minimum absolute atomic E-state index is 0. The number of esters is 1. The van der Waals surface area contributed by atoms with E-state index < -0.39 is 21.5 Å². The monoisotopic (exact) mass is 412 g/mol. The van der Waals surface area contributed by atoms with Crippen molar-refractivity contribution < 1.29 is 22.7 Å². The average molecular weight is 413 g/mol. The second-order valence-corrected chi connectivity index (χ2v) is 7.87. The Kier molecular flexibility index (Phi) is 8.11. The molecule has 1 fully saturated rings. The van der Waals surface area contributed by atoms with Crippen LogP contribution in [0.4, 0.5) is 0 Å². The molecule has 1 aromatic carbocycles. The first kappa shape index (κ1) is 22.1. The molecule has 1 unspecified atom stereocenters. The lowest BCUT2D eigenvalue weighted by atomic mass is 9.99. The van der Waals surface area contributed by atoms with Crippen LogP contribution in [0.2, 0.25) is 5.02 Å². The number of benzene rings is 1. The summed E-state index contributed by atoms with van der Waals surface area (Å²) in [6, 6.07) is 3.99. The minimum Gasteiger partial charge on any atom is -0.465 e. The van der Waals surface area contributed by atoms with Crippen molar-refractivity contribution in [2.75, 3.05) is 33.9 Å². The van der Waals surface area contributed by atoms with Crippen molar-refractivity contribution in [1.29, 1.82) is 0 Å². The molecule has 0 bridgehead atoms. The zero-order valence-electron chi connectivity index (χ0n) is 14.0. The first-order valence-electron chi connectivity index (χ1n) is 7.45. The van der Waals surface area contributed by atoms with Crippen molar-refractivity contribution in [2.24, 2.45) is 0 Å². The Morgan fingerprint density at radius 2 is 2.12 bits per heavy atom. The van der Waals surface area contributed by atoms with Gasteiger partial charge in [-0.15, -0.1) is 12.4 Å². The fraction of sp³-hybridized carbons (Fsp3) is 0.533. The van der Waals surface area contributed by atoms with Crippen molar-refractivity contribution >= 4 is 40.0 Å². The number of methoxy groups -OCH3 is 2. The number of carbonyl (C=O) groups is 1. The van der Waals surface area contributed by atoms with E-state index in [1.165, 1.54) is 25.3 Å². The van der Waals surface area contributed by atoms with E-state index in [-0.39, 0.29) is 34.4 Å². The van der Waals surface area contributed by atoms with Crippen LogP contribution < -0.4 is 10.0 Å². The van der Waals surface area contributed by atoms with Crippen molar-refractivity contribution in [3.05, 3.63) is 28.8 Å². The van der Waals surface area contributed by atoms with Gasteiger partial charge in [-0.3, -0.25) is 0 Å². The van der Waals surface area contributed by atoms with E-state index in [4.69, 9.17) is 16.3 Å². The van der Waals surface area contributed by atoms with Crippen LogP contribution in [-0.4, -0.2) is 53.8 Å². The van der Waals surface area contributed by atoms with Crippen LogP contribution in [0.5, 0.6) is 0 Å². The molecule has 0 saturated carbocycles. The van der Waals surface area contributed by atoms with Gasteiger partial charge in [0.25, 0.3) is 0 Å². The van der Waals surface area contributed by atoms with Crippen LogP contribution in [0.25, 0.3) is 0 Å². The van der Waals surface area contributed by atoms with E-state index in [2.05, 4.69) is 14.8 Å². The topological polar surface area (TPSA) is 93.7 Å². The van der Waals surface area contributed by atoms with Crippen LogP contribution in [0.3, 0.4) is 0 Å². The van der Waals surface area contributed by atoms with E-state index in [1.54, 1.807) is 7.11 Å². The molecule has 7 nitrogen and oxygen atoms in total. The van der Waals surface area contributed by atoms with Gasteiger partial charge in [-0.2, -0.15) is 0 Å². The number of halogens is 2. The van der Waals surface area contributed by atoms with Crippen molar-refractivity contribution in [1.82, 2.24) is 10.0 Å². The number of nitrogens with one attached hydrogen (secondary N) is 2. The molecule has 2 rings (SSSR count). The maximum absolute atomic E-state index is 12.7. The summed E-state index contributed by atoms with van der Waals surface area (Å²) in [6.07, 6.45) is 1.74. The van der Waals surface area contributed by atoms with Gasteiger partial charge in [-0.25, -0.2) is 17.9 Å². The number of carbonyl (C=O) groups excluding carboxylic acids is 1. The Labute approximate surface area is 158 Å². The number of ether oxygens (including phenoxy) is 2. The second-order valence-electron chi connectivity index (χ2n) is 5.70. The zero-order chi connectivity index (χ0) is 17.8. The summed E-state index contributed by atoms with van der Waals surface area (Å²) in [5.74, 6) is -0.761. The van der Waals surface area contributed by atoms with Gasteiger partial charge in [0.2, 0.25) is 10.0 Å². The fourth-order valence-corrected chi connectivity index (χ4v) is 4.26. The normalized spacial score (nSPS) is 20.1. The molecule has 1 aliphatic heterocycles. The molecular formula is C15H22Cl2N2O5S. The van der Waals surface area contributed by atoms with Crippen molar-refractivity contribution in [3.63, 3.8) is 0 Å². The van der Waals surface area contributed by atoms with Crippen LogP contribution in [-0.2, 0) is 19.5 Å². The molecule has 1 heterocycles. The fourth-order valence-electron chi connectivity index (χ4n) is 2.79. The lowest BCUT2D eigenvalue weighted by molar-refractivity contribution is 0.0596. The minimum atomic E-state index is -3.91. The Balaban J connectivity index is 0.00000312. The smallest absolute Gasteiger partial charge is 0.339 e. The summed E-state index contributed by atoms with van der Waals surface area (Å²) in [4.78, 5) is 11.7. The molecule has 1 saturated heterocycles. The van der Waals surface area contributed by atoms with Gasteiger partial charge >= 0.3 is 5.97 Å². The number of hydrogen-bond acceptors (Lipinski definition) is 6. The molecule has 1 aromatic rings. The number of hydrogen-bond donors (Lipinski definition) is 2. The third-order valence-electron chi connectivity index (χ3n) is 3.99. The molecule has 0 amide bonds. The van der Waals surface area contributed by atoms with Gasteiger partial charge in [-0.05, 0) is 37.6 Å². The van der Waals surface area contributed by atoms with Gasteiger partial charge in [0.15, 0.2) is 0 Å². The second kappa shape index (κ2) is 9.16. The molecule has 1 atom stereocenters. The lowest BCUT2D eigenvalue weighted by Crippen LogP contribution is -2.53. The standard InChI is InChI=1S/C15H21ClN2O5S.ClH/c1-22-10-15(6-3-7-17-15)9-18-24(20,21)13-5-4-11(16)8-12(13)14(19)23-2;/h4-5,8,17-18H,3,6-7,9-10H2,1-2H3;1H. The molecule has 0 radical (unpaired) electrons. The highest BCUT2D eigenvalue weighted by molar-refractivity contribution is 7.89. The Bertz CT molecular complexity index is 706. The summed E-state index contributed by atoms with van der Waals surface area (Å²) in [5, 5.41) is 3.54. The molecule has 25 heavy (non-hydrogen) atoms. The summed E-state index contributed by atoms with van der Waals surface area (Å²) >= 11 is 5.86. The van der Waals surface area contributed by atoms with E-state index in [0.717, 1.165) is 19.4 Å². The summed E-state index contributed by atoms with van der Waals surface area (Å²) in [6.45, 7) is 1.35. The summed E-state index contributed by atoms with van der Waals surface area (Å²) in [5.41, 5.74) is -0.544. The third kappa shape index (κ3) is 5.29. The maximum atomic E-state index is 12.7. The van der Waals surface area contributed by atoms with E-state index in [9.17, 15) is 13.2 Å². The predicted octanol–water partition coefficient (Wildman–Crippen LogP) is 1.60. The Hall–Kier alpha value is -0.900. The van der Waals surface area contributed by atoms with Crippen LogP contribution in [0, 0.1) is 0 Å². The SMILES string of the molecule is COCC1(CNS(=O)(=O)c2ccc(Cl)cc2C(=O)OC)CCCN1.Cl. The highest BCUT2D eigenvalue weighted by Crippen LogP contribution is 2.23. The van der Waals surface area contributed by atoms with Gasteiger partial charge in [0, 0.05) is 18.7 Å². The third-order valence-corrected chi connectivity index (χ3v) is 5.68. The molecule has 0 aliphatic carbocycles. The van der Waals surface area contributed by atoms with Gasteiger partial charge in [0.1, 0.15) is 0 Å². The van der Waals surface area contributed by atoms with E-state index in [1.807, 2.05) is 0 Å². The molecule has 142 valence electrons. The highest BCUT2D eigenvalue weighted by atomic mass is 35.5. The predicted molar refractivity (Wildman–Crippen MR) is 97.1 cm³/mol. The molecule has 1 aliphatic rings. The first-order chi connectivity index (χ1) is 11.3. The summed E-state index contributed by atoms with van der Waals surface area (Å²) in [7, 11) is -1.15. The quantitative estimate of drug-likeness (QED) is 0.660. The first-order valence-corrected chi connectivity index (χ1v) is 9.31. The van der Waals surface area contributed by atoms with Crippen LogP contribution in [0.1, 0.15) is 23.2 Å². The van der Waals surface area contributed by atoms with Crippen LogP contribution >= 0.6 is 24.0 Å². The molecular weight excluding hydrogens is 391 g/mol. The van der Waals surface area contributed by atoms with Crippen LogP contribution in [0.15, 0.2) is 23.1 Å². The zero-order valence-corrected chi connectivity index (χ0v) is 16.4. The largest absolute Gasteiger partial charge is 0.465 e. The molecule has 10 heteroatoms. The van der Waals surface area contributed by atoms with Gasteiger partial charge < -0.3 is 14.8 Å². The summed E-state index contributed by atoms with van der Waals surface area (Å²) < 4.78 is 37.7. The Morgan fingerprint density at radius 3 is 2.68 bits per heavy atom. The van der Waals surface area contributed by atoms with Gasteiger partial charge in [0.05, 0.1) is 29.7 Å².